The maximum absolute atomic E-state index is 12.8. The molecule has 0 fully saturated rings. The minimum absolute atomic E-state index is 0.0327. The van der Waals surface area contributed by atoms with Crippen LogP contribution in [0.15, 0.2) is 66.1 Å². The molecule has 4 rings (SSSR count). The predicted octanol–water partition coefficient (Wildman–Crippen LogP) is 6.87. The number of carbonyl (C=O) groups excluding carboxylic acids is 1. The summed E-state index contributed by atoms with van der Waals surface area (Å²) in [4.78, 5) is 12.8. The minimum Gasteiger partial charge on any atom is -0.490 e. The summed E-state index contributed by atoms with van der Waals surface area (Å²) in [7, 11) is 0. The standard InChI is InChI=1S/C26H19Cl3N2O4/c1-2-8-33-24-20(28)10-15(11-21(24)29)26(32)34-17-6-7-18-22(12-17)35-25(31)19(13-30)23(18)14-4-3-5-16(27)9-14/h3-7,9-12,23H,2,8,31H2,1H3. The van der Waals surface area contributed by atoms with Crippen LogP contribution in [0.3, 0.4) is 0 Å². The van der Waals surface area contributed by atoms with Crippen molar-refractivity contribution in [2.24, 2.45) is 5.73 Å². The van der Waals surface area contributed by atoms with E-state index in [4.69, 9.17) is 54.7 Å². The molecular weight excluding hydrogens is 511 g/mol. The summed E-state index contributed by atoms with van der Waals surface area (Å²) in [5.41, 5.74) is 7.93. The molecule has 178 valence electrons. The van der Waals surface area contributed by atoms with Crippen molar-refractivity contribution in [1.29, 1.82) is 5.26 Å². The molecular formula is C26H19Cl3N2O4. The molecule has 0 amide bonds. The van der Waals surface area contributed by atoms with Gasteiger partial charge in [-0.25, -0.2) is 4.79 Å². The minimum atomic E-state index is -0.667. The highest BCUT2D eigenvalue weighted by molar-refractivity contribution is 6.37. The molecule has 0 bridgehead atoms. The van der Waals surface area contributed by atoms with Gasteiger partial charge in [-0.05, 0) is 42.3 Å². The van der Waals surface area contributed by atoms with Crippen LogP contribution in [0.5, 0.6) is 17.2 Å². The topological polar surface area (TPSA) is 94.6 Å². The number of nitrogens with zero attached hydrogens (tertiary/aromatic N) is 1. The molecule has 9 heteroatoms. The first-order chi connectivity index (χ1) is 16.8. The summed E-state index contributed by atoms with van der Waals surface area (Å²) in [5, 5.41) is 10.6. The Morgan fingerprint density at radius 1 is 1.11 bits per heavy atom. The second kappa shape index (κ2) is 10.5. The van der Waals surface area contributed by atoms with Crippen molar-refractivity contribution in [1.82, 2.24) is 0 Å². The van der Waals surface area contributed by atoms with Gasteiger partial charge in [0.05, 0.1) is 28.1 Å². The molecule has 1 aliphatic rings. The van der Waals surface area contributed by atoms with Gasteiger partial charge < -0.3 is 19.9 Å². The van der Waals surface area contributed by atoms with Crippen molar-refractivity contribution in [3.63, 3.8) is 0 Å². The fraction of sp³-hybridized carbons (Fsp3) is 0.154. The lowest BCUT2D eigenvalue weighted by Crippen LogP contribution is -2.21. The lowest BCUT2D eigenvalue weighted by Gasteiger charge is -2.26. The molecule has 0 spiro atoms. The summed E-state index contributed by atoms with van der Waals surface area (Å²) in [5.74, 6) is -0.299. The smallest absolute Gasteiger partial charge is 0.343 e. The number of hydrogen-bond acceptors (Lipinski definition) is 6. The average Bonchev–Trinajstić information content (AvgIpc) is 2.82. The van der Waals surface area contributed by atoms with Crippen LogP contribution in [0.1, 0.15) is 40.7 Å². The van der Waals surface area contributed by atoms with Crippen LogP contribution >= 0.6 is 34.8 Å². The Bertz CT molecular complexity index is 1360. The molecule has 3 aromatic carbocycles. The molecule has 0 saturated heterocycles. The van der Waals surface area contributed by atoms with Crippen LogP contribution in [0.4, 0.5) is 0 Å². The van der Waals surface area contributed by atoms with Gasteiger partial charge in [0.15, 0.2) is 5.75 Å². The van der Waals surface area contributed by atoms with Crippen molar-refractivity contribution < 1.29 is 19.0 Å². The molecule has 6 nitrogen and oxygen atoms in total. The Labute approximate surface area is 217 Å². The average molecular weight is 530 g/mol. The van der Waals surface area contributed by atoms with E-state index >= 15 is 0 Å². The van der Waals surface area contributed by atoms with Gasteiger partial charge in [-0.15, -0.1) is 0 Å². The molecule has 1 aliphatic heterocycles. The zero-order chi connectivity index (χ0) is 25.1. The molecule has 0 aromatic heterocycles. The van der Waals surface area contributed by atoms with Gasteiger partial charge in [0.2, 0.25) is 5.88 Å². The van der Waals surface area contributed by atoms with Crippen LogP contribution in [-0.4, -0.2) is 12.6 Å². The fourth-order valence-electron chi connectivity index (χ4n) is 3.71. The van der Waals surface area contributed by atoms with E-state index in [1.807, 2.05) is 13.0 Å². The van der Waals surface area contributed by atoms with Crippen molar-refractivity contribution in [3.05, 3.63) is 97.8 Å². The Balaban J connectivity index is 1.63. The Morgan fingerprint density at radius 3 is 2.51 bits per heavy atom. The number of allylic oxidation sites excluding steroid dienone is 1. The normalized spacial score (nSPS) is 14.5. The maximum atomic E-state index is 12.8. The number of nitriles is 1. The molecule has 3 aromatic rings. The van der Waals surface area contributed by atoms with Crippen LogP contribution in [-0.2, 0) is 0 Å². The highest BCUT2D eigenvalue weighted by Crippen LogP contribution is 2.44. The number of carbonyl (C=O) groups is 1. The van der Waals surface area contributed by atoms with E-state index in [0.29, 0.717) is 28.7 Å². The third-order valence-electron chi connectivity index (χ3n) is 5.27. The molecule has 0 radical (unpaired) electrons. The van der Waals surface area contributed by atoms with E-state index in [-0.39, 0.29) is 32.8 Å². The second-order valence-electron chi connectivity index (χ2n) is 7.69. The second-order valence-corrected chi connectivity index (χ2v) is 8.94. The van der Waals surface area contributed by atoms with Crippen molar-refractivity contribution >= 4 is 40.8 Å². The molecule has 0 aliphatic carbocycles. The number of ether oxygens (including phenoxy) is 3. The van der Waals surface area contributed by atoms with Crippen molar-refractivity contribution in [2.45, 2.75) is 19.3 Å². The molecule has 1 unspecified atom stereocenters. The lowest BCUT2D eigenvalue weighted by atomic mass is 9.83. The highest BCUT2D eigenvalue weighted by atomic mass is 35.5. The summed E-state index contributed by atoms with van der Waals surface area (Å²) in [6.07, 6.45) is 0.782. The number of hydrogen-bond donors (Lipinski definition) is 1. The Kier molecular flexibility index (Phi) is 7.42. The molecule has 1 atom stereocenters. The summed E-state index contributed by atoms with van der Waals surface area (Å²) in [6.45, 7) is 2.40. The predicted molar refractivity (Wildman–Crippen MR) is 134 cm³/mol. The van der Waals surface area contributed by atoms with Crippen LogP contribution < -0.4 is 19.9 Å². The van der Waals surface area contributed by atoms with Crippen molar-refractivity contribution in [2.75, 3.05) is 6.61 Å². The number of benzene rings is 3. The number of rotatable bonds is 6. The highest BCUT2D eigenvalue weighted by Gasteiger charge is 2.31. The quantitative estimate of drug-likeness (QED) is 0.276. The molecule has 2 N–H and O–H groups in total. The molecule has 35 heavy (non-hydrogen) atoms. The largest absolute Gasteiger partial charge is 0.490 e. The van der Waals surface area contributed by atoms with E-state index in [0.717, 1.165) is 12.0 Å². The monoisotopic (exact) mass is 528 g/mol. The molecule has 1 heterocycles. The first kappa shape index (κ1) is 24.7. The van der Waals surface area contributed by atoms with E-state index in [1.54, 1.807) is 30.3 Å². The lowest BCUT2D eigenvalue weighted by molar-refractivity contribution is 0.0734. The van der Waals surface area contributed by atoms with E-state index in [9.17, 15) is 10.1 Å². The van der Waals surface area contributed by atoms with Crippen LogP contribution in [0.2, 0.25) is 15.1 Å². The van der Waals surface area contributed by atoms with E-state index in [2.05, 4.69) is 6.07 Å². The van der Waals surface area contributed by atoms with Crippen LogP contribution in [0, 0.1) is 11.3 Å². The number of esters is 1. The van der Waals surface area contributed by atoms with Crippen molar-refractivity contribution in [3.8, 4) is 23.3 Å². The Morgan fingerprint density at radius 2 is 1.86 bits per heavy atom. The summed E-state index contributed by atoms with van der Waals surface area (Å²) < 4.78 is 16.7. The van der Waals surface area contributed by atoms with Gasteiger partial charge in [-0.3, -0.25) is 0 Å². The zero-order valence-electron chi connectivity index (χ0n) is 18.5. The number of halogens is 3. The van der Waals surface area contributed by atoms with E-state index in [1.165, 1.54) is 18.2 Å². The van der Waals surface area contributed by atoms with Gasteiger partial charge in [-0.2, -0.15) is 5.26 Å². The number of nitrogens with two attached hydrogens (primary N) is 1. The number of fused-ring (bicyclic) bond motifs is 1. The van der Waals surface area contributed by atoms with Gasteiger partial charge >= 0.3 is 5.97 Å². The summed E-state index contributed by atoms with van der Waals surface area (Å²) >= 11 is 18.7. The SMILES string of the molecule is CCCOc1c(Cl)cc(C(=O)Oc2ccc3c(c2)OC(N)=C(C#N)C3c2cccc(Cl)c2)cc1Cl. The maximum Gasteiger partial charge on any atom is 0.343 e. The van der Waals surface area contributed by atoms with Crippen LogP contribution in [0.25, 0.3) is 0 Å². The van der Waals surface area contributed by atoms with E-state index < -0.39 is 11.9 Å². The molecule has 0 saturated carbocycles. The third kappa shape index (κ3) is 5.18. The first-order valence-electron chi connectivity index (χ1n) is 10.6. The van der Waals surface area contributed by atoms with Gasteiger partial charge in [0, 0.05) is 16.7 Å². The third-order valence-corrected chi connectivity index (χ3v) is 6.06. The Hall–Kier alpha value is -3.37. The van der Waals surface area contributed by atoms with Gasteiger partial charge in [-0.1, -0.05) is 59.9 Å². The van der Waals surface area contributed by atoms with Gasteiger partial charge in [0.25, 0.3) is 0 Å². The zero-order valence-corrected chi connectivity index (χ0v) is 20.7. The first-order valence-corrected chi connectivity index (χ1v) is 11.8. The summed E-state index contributed by atoms with van der Waals surface area (Å²) in [6, 6.07) is 17.0. The fourth-order valence-corrected chi connectivity index (χ4v) is 4.51. The van der Waals surface area contributed by atoms with Gasteiger partial charge in [0.1, 0.15) is 23.1 Å².